The molecule has 1 heterocycles. The van der Waals surface area contributed by atoms with Crippen LogP contribution in [0.2, 0.25) is 0 Å². The molecule has 1 saturated heterocycles. The number of carbonyl (C=O) groups is 2. The molecule has 1 N–H and O–H groups in total. The van der Waals surface area contributed by atoms with Gasteiger partial charge in [-0.1, -0.05) is 30.3 Å². The Morgan fingerprint density at radius 2 is 2.00 bits per heavy atom. The van der Waals surface area contributed by atoms with Crippen LogP contribution in [0.3, 0.4) is 0 Å². The Morgan fingerprint density at radius 3 is 2.62 bits per heavy atom. The van der Waals surface area contributed by atoms with Crippen molar-refractivity contribution in [3.8, 4) is 0 Å². The van der Waals surface area contributed by atoms with Crippen LogP contribution < -0.4 is 5.32 Å². The first-order valence-corrected chi connectivity index (χ1v) is 9.63. The maximum absolute atomic E-state index is 12.1. The monoisotopic (exact) mass is 353 g/mol. The molecule has 0 aliphatic carbocycles. The van der Waals surface area contributed by atoms with Crippen molar-refractivity contribution in [3.63, 3.8) is 0 Å². The molecule has 1 fully saturated rings. The molecule has 24 heavy (non-hydrogen) atoms. The summed E-state index contributed by atoms with van der Waals surface area (Å²) >= 11 is 0. The van der Waals surface area contributed by atoms with Gasteiger partial charge in [0.05, 0.1) is 12.8 Å². The van der Waals surface area contributed by atoms with Gasteiger partial charge in [-0.15, -0.1) is 0 Å². The lowest BCUT2D eigenvalue weighted by Gasteiger charge is -2.18. The molecule has 0 saturated carbocycles. The molecule has 0 unspecified atom stereocenters. The lowest BCUT2D eigenvalue weighted by atomic mass is 9.99. The van der Waals surface area contributed by atoms with Crippen LogP contribution in [-0.4, -0.2) is 68.9 Å². The van der Waals surface area contributed by atoms with Crippen molar-refractivity contribution in [1.82, 2.24) is 14.5 Å². The van der Waals surface area contributed by atoms with Crippen molar-refractivity contribution in [2.75, 3.05) is 39.5 Å². The van der Waals surface area contributed by atoms with Crippen LogP contribution >= 0.6 is 0 Å². The zero-order valence-corrected chi connectivity index (χ0v) is 14.8. The predicted molar refractivity (Wildman–Crippen MR) is 90.9 cm³/mol. The molecule has 8 heteroatoms. The minimum absolute atomic E-state index is 0.00472. The molecular formula is C16H23N3O4S. The molecule has 0 spiro atoms. The normalized spacial score (nSPS) is 18.2. The lowest BCUT2D eigenvalue weighted by molar-refractivity contribution is -0.133. The lowest BCUT2D eigenvalue weighted by Crippen LogP contribution is -2.41. The van der Waals surface area contributed by atoms with Crippen LogP contribution in [0.1, 0.15) is 17.9 Å². The number of likely N-dealkylation sites (N-methyl/N-ethyl adjacent to an activating group) is 1. The molecule has 0 radical (unpaired) electrons. The Bertz CT molecular complexity index is 691. The van der Waals surface area contributed by atoms with Crippen LogP contribution in [-0.2, 0) is 19.6 Å². The Labute approximate surface area is 142 Å². The third-order valence-electron chi connectivity index (χ3n) is 4.13. The number of carbonyl (C=O) groups excluding carboxylic acids is 2. The minimum Gasteiger partial charge on any atom is -0.353 e. The van der Waals surface area contributed by atoms with E-state index in [2.05, 4.69) is 5.32 Å². The number of nitrogens with zero attached hydrogens (tertiary/aromatic N) is 2. The van der Waals surface area contributed by atoms with Gasteiger partial charge >= 0.3 is 0 Å². The maximum Gasteiger partial charge on any atom is 0.239 e. The topological polar surface area (TPSA) is 86.8 Å². The fourth-order valence-electron chi connectivity index (χ4n) is 2.62. The van der Waals surface area contributed by atoms with Gasteiger partial charge in [-0.2, -0.15) is 0 Å². The number of benzene rings is 1. The molecule has 2 amide bonds. The van der Waals surface area contributed by atoms with E-state index in [0.29, 0.717) is 13.0 Å². The number of amides is 2. The molecule has 7 nitrogen and oxygen atoms in total. The van der Waals surface area contributed by atoms with Crippen LogP contribution in [0.25, 0.3) is 0 Å². The quantitative estimate of drug-likeness (QED) is 0.748. The fourth-order valence-corrected chi connectivity index (χ4v) is 3.04. The molecule has 1 aliphatic rings. The first kappa shape index (κ1) is 18.4. The van der Waals surface area contributed by atoms with Crippen molar-refractivity contribution >= 4 is 21.8 Å². The molecule has 1 aliphatic heterocycles. The molecule has 0 aromatic heterocycles. The summed E-state index contributed by atoms with van der Waals surface area (Å²) in [7, 11) is -1.80. The number of nitrogens with one attached hydrogen (secondary N) is 1. The van der Waals surface area contributed by atoms with Gasteiger partial charge in [-0.25, -0.2) is 12.7 Å². The summed E-state index contributed by atoms with van der Waals surface area (Å²) in [5.41, 5.74) is 1.10. The van der Waals surface area contributed by atoms with E-state index < -0.39 is 10.0 Å². The Balaban J connectivity index is 1.79. The predicted octanol–water partition coefficient (Wildman–Crippen LogP) is 0.0101. The SMILES string of the molecule is CN(CCNC(=O)CN1C[C@H](c2ccccc2)CC1=O)S(C)(=O)=O. The molecule has 1 aromatic rings. The van der Waals surface area contributed by atoms with Crippen LogP contribution in [0.5, 0.6) is 0 Å². The Morgan fingerprint density at radius 1 is 1.33 bits per heavy atom. The van der Waals surface area contributed by atoms with Gasteiger partial charge in [0.2, 0.25) is 21.8 Å². The van der Waals surface area contributed by atoms with Gasteiger partial charge in [0, 0.05) is 39.0 Å². The number of likely N-dealkylation sites (tertiary alicyclic amines) is 1. The summed E-state index contributed by atoms with van der Waals surface area (Å²) in [5.74, 6) is -0.200. The van der Waals surface area contributed by atoms with Gasteiger partial charge < -0.3 is 10.2 Å². The van der Waals surface area contributed by atoms with Gasteiger partial charge in [-0.3, -0.25) is 9.59 Å². The third-order valence-corrected chi connectivity index (χ3v) is 5.45. The zero-order valence-electron chi connectivity index (χ0n) is 13.9. The molecular weight excluding hydrogens is 330 g/mol. The van der Waals surface area contributed by atoms with Crippen molar-refractivity contribution in [3.05, 3.63) is 35.9 Å². The standard InChI is InChI=1S/C16H23N3O4S/c1-18(24(2,22)23)9-8-17-15(20)12-19-11-14(10-16(19)21)13-6-4-3-5-7-13/h3-7,14H,8-12H2,1-2H3,(H,17,20)/t14-/m1/s1. The summed E-state index contributed by atoms with van der Waals surface area (Å²) in [5, 5.41) is 2.65. The summed E-state index contributed by atoms with van der Waals surface area (Å²) in [4.78, 5) is 25.6. The van der Waals surface area contributed by atoms with Crippen molar-refractivity contribution in [2.24, 2.45) is 0 Å². The van der Waals surface area contributed by atoms with E-state index in [1.54, 1.807) is 4.90 Å². The highest BCUT2D eigenvalue weighted by Crippen LogP contribution is 2.27. The van der Waals surface area contributed by atoms with Crippen molar-refractivity contribution in [2.45, 2.75) is 12.3 Å². The van der Waals surface area contributed by atoms with E-state index >= 15 is 0 Å². The van der Waals surface area contributed by atoms with Crippen LogP contribution in [0, 0.1) is 0 Å². The van der Waals surface area contributed by atoms with E-state index in [4.69, 9.17) is 0 Å². The second kappa shape index (κ2) is 7.76. The first-order chi connectivity index (χ1) is 11.3. The van der Waals surface area contributed by atoms with E-state index in [0.717, 1.165) is 11.8 Å². The second-order valence-corrected chi connectivity index (χ2v) is 8.11. The Hall–Kier alpha value is -1.93. The second-order valence-electron chi connectivity index (χ2n) is 6.02. The molecule has 1 atom stereocenters. The third kappa shape index (κ3) is 5.04. The molecule has 2 rings (SSSR count). The van der Waals surface area contributed by atoms with E-state index in [9.17, 15) is 18.0 Å². The van der Waals surface area contributed by atoms with Crippen LogP contribution in [0.15, 0.2) is 30.3 Å². The highest BCUT2D eigenvalue weighted by atomic mass is 32.2. The van der Waals surface area contributed by atoms with Crippen molar-refractivity contribution in [1.29, 1.82) is 0 Å². The highest BCUT2D eigenvalue weighted by Gasteiger charge is 2.31. The largest absolute Gasteiger partial charge is 0.353 e. The average molecular weight is 353 g/mol. The van der Waals surface area contributed by atoms with Gasteiger partial charge in [0.1, 0.15) is 0 Å². The summed E-state index contributed by atoms with van der Waals surface area (Å²) in [6.07, 6.45) is 1.52. The van der Waals surface area contributed by atoms with Gasteiger partial charge in [0.15, 0.2) is 0 Å². The highest BCUT2D eigenvalue weighted by molar-refractivity contribution is 7.88. The minimum atomic E-state index is -3.25. The number of hydrogen-bond acceptors (Lipinski definition) is 4. The van der Waals surface area contributed by atoms with Gasteiger partial charge in [0.25, 0.3) is 0 Å². The average Bonchev–Trinajstić information content (AvgIpc) is 2.88. The zero-order chi connectivity index (χ0) is 17.7. The smallest absolute Gasteiger partial charge is 0.239 e. The summed E-state index contributed by atoms with van der Waals surface area (Å²) < 4.78 is 23.7. The van der Waals surface area contributed by atoms with Crippen molar-refractivity contribution < 1.29 is 18.0 Å². The fraction of sp³-hybridized carbons (Fsp3) is 0.500. The molecule has 1 aromatic carbocycles. The maximum atomic E-state index is 12.1. The molecule has 132 valence electrons. The Kier molecular flexibility index (Phi) is 5.95. The number of rotatable bonds is 7. The number of sulfonamides is 1. The first-order valence-electron chi connectivity index (χ1n) is 7.78. The molecule has 0 bridgehead atoms. The van der Waals surface area contributed by atoms with E-state index in [-0.39, 0.29) is 37.4 Å². The van der Waals surface area contributed by atoms with Crippen LogP contribution in [0.4, 0.5) is 0 Å². The number of hydrogen-bond donors (Lipinski definition) is 1. The van der Waals surface area contributed by atoms with E-state index in [1.165, 1.54) is 11.4 Å². The van der Waals surface area contributed by atoms with E-state index in [1.807, 2.05) is 30.3 Å². The summed E-state index contributed by atoms with van der Waals surface area (Å²) in [6.45, 7) is 0.946. The summed E-state index contributed by atoms with van der Waals surface area (Å²) in [6, 6.07) is 9.78. The van der Waals surface area contributed by atoms with Gasteiger partial charge in [-0.05, 0) is 5.56 Å².